The van der Waals surface area contributed by atoms with Crippen LogP contribution in [0.15, 0.2) is 16.7 Å². The van der Waals surface area contributed by atoms with E-state index < -0.39 is 27.8 Å². The van der Waals surface area contributed by atoms with E-state index in [0.29, 0.717) is 4.47 Å². The van der Waals surface area contributed by atoms with Gasteiger partial charge in [-0.25, -0.2) is 18.2 Å². The molecule has 0 fully saturated rings. The van der Waals surface area contributed by atoms with Gasteiger partial charge in [0.25, 0.3) is 5.91 Å². The standard InChI is InChI=1S/C11H12BrClN2O5S/c1-21(19,20)3-2-8(11(17)18)15-10(16)7-4-6(12)5-14-9(7)13/h4-5,8H,2-3H2,1H3,(H,15,16)(H,17,18). The number of aliphatic carboxylic acids is 1. The Morgan fingerprint density at radius 2 is 2.14 bits per heavy atom. The maximum atomic E-state index is 12.0. The highest BCUT2D eigenvalue weighted by Gasteiger charge is 2.23. The molecule has 0 saturated heterocycles. The number of hydrogen-bond acceptors (Lipinski definition) is 5. The van der Waals surface area contributed by atoms with Crippen molar-refractivity contribution >= 4 is 49.2 Å². The SMILES string of the molecule is CS(=O)(=O)CCC(NC(=O)c1cc(Br)cnc1Cl)C(=O)O. The molecule has 1 unspecified atom stereocenters. The smallest absolute Gasteiger partial charge is 0.326 e. The molecular weight excluding hydrogens is 388 g/mol. The van der Waals surface area contributed by atoms with Gasteiger partial charge in [-0.05, 0) is 28.4 Å². The van der Waals surface area contributed by atoms with E-state index in [2.05, 4.69) is 26.2 Å². The number of halogens is 2. The van der Waals surface area contributed by atoms with E-state index >= 15 is 0 Å². The van der Waals surface area contributed by atoms with Crippen molar-refractivity contribution in [2.75, 3.05) is 12.0 Å². The molecule has 7 nitrogen and oxygen atoms in total. The van der Waals surface area contributed by atoms with Crippen LogP contribution in [0.4, 0.5) is 0 Å². The van der Waals surface area contributed by atoms with Crippen LogP contribution in [0.2, 0.25) is 5.15 Å². The minimum atomic E-state index is -3.33. The number of aromatic nitrogens is 1. The van der Waals surface area contributed by atoms with Crippen molar-refractivity contribution in [3.8, 4) is 0 Å². The predicted octanol–water partition coefficient (Wildman–Crippen LogP) is 1.12. The lowest BCUT2D eigenvalue weighted by Crippen LogP contribution is -2.42. The van der Waals surface area contributed by atoms with Crippen LogP contribution in [0.25, 0.3) is 0 Å². The van der Waals surface area contributed by atoms with Crippen molar-refractivity contribution in [2.24, 2.45) is 0 Å². The first-order chi connectivity index (χ1) is 9.60. The molecule has 0 saturated carbocycles. The topological polar surface area (TPSA) is 113 Å². The van der Waals surface area contributed by atoms with E-state index in [-0.39, 0.29) is 22.9 Å². The lowest BCUT2D eigenvalue weighted by atomic mass is 10.2. The summed E-state index contributed by atoms with van der Waals surface area (Å²) in [4.78, 5) is 26.8. The molecule has 0 spiro atoms. The Hall–Kier alpha value is -1.19. The van der Waals surface area contributed by atoms with Crippen molar-refractivity contribution in [2.45, 2.75) is 12.5 Å². The molecule has 1 atom stereocenters. The van der Waals surface area contributed by atoms with Gasteiger partial charge in [0.15, 0.2) is 0 Å². The molecule has 0 aliphatic rings. The monoisotopic (exact) mass is 398 g/mol. The van der Waals surface area contributed by atoms with E-state index in [1.165, 1.54) is 12.3 Å². The zero-order chi connectivity index (χ0) is 16.2. The third-order valence-corrected chi connectivity index (χ3v) is 4.14. The van der Waals surface area contributed by atoms with Crippen LogP contribution in [0, 0.1) is 0 Å². The summed E-state index contributed by atoms with van der Waals surface area (Å²) in [7, 11) is -3.33. The van der Waals surface area contributed by atoms with E-state index in [9.17, 15) is 18.0 Å². The molecule has 0 bridgehead atoms. The number of carboxylic acid groups (broad SMARTS) is 1. The number of hydrogen-bond donors (Lipinski definition) is 2. The van der Waals surface area contributed by atoms with Gasteiger partial charge < -0.3 is 10.4 Å². The highest BCUT2D eigenvalue weighted by molar-refractivity contribution is 9.10. The van der Waals surface area contributed by atoms with Crippen molar-refractivity contribution in [1.29, 1.82) is 0 Å². The summed E-state index contributed by atoms with van der Waals surface area (Å²) in [5.41, 5.74) is -0.00310. The summed E-state index contributed by atoms with van der Waals surface area (Å²) in [6.45, 7) is 0. The second kappa shape index (κ2) is 7.19. The Balaban J connectivity index is 2.86. The number of pyridine rings is 1. The molecule has 1 aromatic heterocycles. The van der Waals surface area contributed by atoms with Crippen LogP contribution >= 0.6 is 27.5 Å². The fraction of sp³-hybridized carbons (Fsp3) is 0.364. The van der Waals surface area contributed by atoms with Crippen LogP contribution in [-0.2, 0) is 14.6 Å². The third kappa shape index (κ3) is 5.98. The van der Waals surface area contributed by atoms with Crippen molar-refractivity contribution < 1.29 is 23.1 Å². The number of nitrogens with zero attached hydrogens (tertiary/aromatic N) is 1. The highest BCUT2D eigenvalue weighted by Crippen LogP contribution is 2.18. The Kier molecular flexibility index (Phi) is 6.11. The molecule has 1 aromatic rings. The largest absolute Gasteiger partial charge is 0.480 e. The minimum Gasteiger partial charge on any atom is -0.480 e. The summed E-state index contributed by atoms with van der Waals surface area (Å²) in [6, 6.07) is 0.0578. The van der Waals surface area contributed by atoms with Gasteiger partial charge in [0.05, 0.1) is 11.3 Å². The second-order valence-corrected chi connectivity index (χ2v) is 7.81. The summed E-state index contributed by atoms with van der Waals surface area (Å²) in [5.74, 6) is -2.42. The molecule has 21 heavy (non-hydrogen) atoms. The van der Waals surface area contributed by atoms with Gasteiger partial charge in [-0.3, -0.25) is 4.79 Å². The Morgan fingerprint density at radius 1 is 1.52 bits per heavy atom. The Morgan fingerprint density at radius 3 is 2.67 bits per heavy atom. The fourth-order valence-electron chi connectivity index (χ4n) is 1.41. The van der Waals surface area contributed by atoms with Gasteiger partial charge in [-0.1, -0.05) is 11.6 Å². The molecule has 116 valence electrons. The van der Waals surface area contributed by atoms with E-state index in [1.807, 2.05) is 0 Å². The number of carbonyl (C=O) groups is 2. The van der Waals surface area contributed by atoms with Gasteiger partial charge in [-0.2, -0.15) is 0 Å². The summed E-state index contributed by atoms with van der Waals surface area (Å²) < 4.78 is 22.6. The van der Waals surface area contributed by atoms with Crippen LogP contribution < -0.4 is 5.32 Å². The first-order valence-electron chi connectivity index (χ1n) is 5.62. The molecule has 1 amide bonds. The van der Waals surface area contributed by atoms with Crippen molar-refractivity contribution in [3.05, 3.63) is 27.5 Å². The minimum absolute atomic E-state index is 0.00310. The fourth-order valence-corrected chi connectivity index (χ4v) is 2.59. The maximum Gasteiger partial charge on any atom is 0.326 e. The Bertz CT molecular complexity index is 665. The summed E-state index contributed by atoms with van der Waals surface area (Å²) in [5, 5.41) is 11.2. The van der Waals surface area contributed by atoms with Crippen LogP contribution in [-0.4, -0.2) is 48.4 Å². The lowest BCUT2D eigenvalue weighted by Gasteiger charge is -2.14. The van der Waals surface area contributed by atoms with Crippen molar-refractivity contribution in [3.63, 3.8) is 0 Å². The number of amides is 1. The molecule has 1 rings (SSSR count). The average molecular weight is 400 g/mol. The number of sulfone groups is 1. The average Bonchev–Trinajstić information content (AvgIpc) is 2.35. The number of nitrogens with one attached hydrogen (secondary N) is 1. The number of carbonyl (C=O) groups excluding carboxylic acids is 1. The Labute approximate surface area is 134 Å². The van der Waals surface area contributed by atoms with Crippen LogP contribution in [0.3, 0.4) is 0 Å². The molecule has 0 aliphatic carbocycles. The molecule has 1 heterocycles. The molecule has 0 radical (unpaired) electrons. The highest BCUT2D eigenvalue weighted by atomic mass is 79.9. The normalized spacial score (nSPS) is 12.7. The van der Waals surface area contributed by atoms with Gasteiger partial charge in [0.2, 0.25) is 0 Å². The lowest BCUT2D eigenvalue weighted by molar-refractivity contribution is -0.139. The molecule has 0 aromatic carbocycles. The van der Waals surface area contributed by atoms with Crippen LogP contribution in [0.5, 0.6) is 0 Å². The van der Waals surface area contributed by atoms with E-state index in [1.54, 1.807) is 0 Å². The molecule has 2 N–H and O–H groups in total. The van der Waals surface area contributed by atoms with E-state index in [0.717, 1.165) is 6.26 Å². The molecule has 10 heteroatoms. The quantitative estimate of drug-likeness (QED) is 0.693. The first-order valence-corrected chi connectivity index (χ1v) is 8.85. The zero-order valence-corrected chi connectivity index (χ0v) is 14.0. The number of carboxylic acids is 1. The zero-order valence-electron chi connectivity index (χ0n) is 10.8. The number of rotatable bonds is 6. The van der Waals surface area contributed by atoms with Crippen LogP contribution in [0.1, 0.15) is 16.8 Å². The van der Waals surface area contributed by atoms with Gasteiger partial charge >= 0.3 is 5.97 Å². The van der Waals surface area contributed by atoms with E-state index in [4.69, 9.17) is 16.7 Å². The van der Waals surface area contributed by atoms with Gasteiger partial charge in [0, 0.05) is 16.9 Å². The summed E-state index contributed by atoms with van der Waals surface area (Å²) >= 11 is 8.89. The summed E-state index contributed by atoms with van der Waals surface area (Å²) in [6.07, 6.45) is 2.14. The maximum absolute atomic E-state index is 12.0. The van der Waals surface area contributed by atoms with Gasteiger partial charge in [0.1, 0.15) is 21.0 Å². The third-order valence-electron chi connectivity index (χ3n) is 2.43. The van der Waals surface area contributed by atoms with Crippen molar-refractivity contribution in [1.82, 2.24) is 10.3 Å². The first kappa shape index (κ1) is 17.9. The second-order valence-electron chi connectivity index (χ2n) is 4.27. The molecule has 0 aliphatic heterocycles. The predicted molar refractivity (Wildman–Crippen MR) is 80.2 cm³/mol. The molecular formula is C11H12BrClN2O5S. The van der Waals surface area contributed by atoms with Gasteiger partial charge in [-0.15, -0.1) is 0 Å².